The summed E-state index contributed by atoms with van der Waals surface area (Å²) in [5, 5.41) is 3.21. The van der Waals surface area contributed by atoms with Crippen molar-refractivity contribution in [1.82, 2.24) is 5.23 Å². The lowest BCUT2D eigenvalue weighted by Crippen LogP contribution is -2.40. The molecule has 1 rings (SSSR count). The highest BCUT2D eigenvalue weighted by Crippen LogP contribution is 2.24. The van der Waals surface area contributed by atoms with E-state index in [-0.39, 0.29) is 5.92 Å². The van der Waals surface area contributed by atoms with Crippen LogP contribution >= 0.6 is 0 Å². The molecule has 1 fully saturated rings. The second-order valence-corrected chi connectivity index (χ2v) is 3.40. The highest BCUT2D eigenvalue weighted by Gasteiger charge is 2.26. The molecule has 0 saturated heterocycles. The van der Waals surface area contributed by atoms with Gasteiger partial charge in [-0.15, -0.1) is 0 Å². The van der Waals surface area contributed by atoms with E-state index in [0.29, 0.717) is 11.8 Å². The predicted octanol–water partition coefficient (Wildman–Crippen LogP) is 0.272. The number of hydrogen-bond donors (Lipinski definition) is 1. The van der Waals surface area contributed by atoms with Gasteiger partial charge in [-0.2, -0.15) is 0 Å². The minimum Gasteiger partial charge on any atom is -0.359 e. The second-order valence-electron chi connectivity index (χ2n) is 3.40. The molecular formula is C8H16BNO. The molecule has 0 aromatic heterocycles. The molecule has 11 heavy (non-hydrogen) atoms. The van der Waals surface area contributed by atoms with Crippen LogP contribution in [-0.4, -0.2) is 19.8 Å². The van der Waals surface area contributed by atoms with Gasteiger partial charge in [0.25, 0.3) is 0 Å². The van der Waals surface area contributed by atoms with Crippen molar-refractivity contribution >= 4 is 13.8 Å². The van der Waals surface area contributed by atoms with Gasteiger partial charge in [0, 0.05) is 12.0 Å². The van der Waals surface area contributed by atoms with Crippen molar-refractivity contribution in [3.8, 4) is 0 Å². The molecule has 0 radical (unpaired) electrons. The third-order valence-corrected chi connectivity index (χ3v) is 2.66. The maximum Gasteiger partial charge on any atom is 0.182 e. The van der Waals surface area contributed by atoms with Gasteiger partial charge in [-0.25, -0.2) is 0 Å². The molecule has 0 unspecified atom stereocenters. The van der Waals surface area contributed by atoms with E-state index in [1.165, 1.54) is 19.3 Å². The van der Waals surface area contributed by atoms with Crippen molar-refractivity contribution < 1.29 is 4.79 Å². The van der Waals surface area contributed by atoms with Crippen molar-refractivity contribution in [2.75, 3.05) is 0 Å². The number of rotatable bonds is 2. The van der Waals surface area contributed by atoms with Crippen LogP contribution in [-0.2, 0) is 4.79 Å². The summed E-state index contributed by atoms with van der Waals surface area (Å²) in [6.45, 7) is 1.71. The second kappa shape index (κ2) is 3.91. The summed E-state index contributed by atoms with van der Waals surface area (Å²) in [5.74, 6) is 0.637. The van der Waals surface area contributed by atoms with E-state index in [2.05, 4.69) is 5.23 Å². The predicted molar refractivity (Wildman–Crippen MR) is 48.1 cm³/mol. The summed E-state index contributed by atoms with van der Waals surface area (Å²) >= 11 is 0. The van der Waals surface area contributed by atoms with E-state index >= 15 is 0 Å². The number of carbonyl (C=O) groups is 1. The summed E-state index contributed by atoms with van der Waals surface area (Å²) in [6.07, 6.45) is 4.75. The topological polar surface area (TPSA) is 29.1 Å². The lowest BCUT2D eigenvalue weighted by Gasteiger charge is -2.29. The van der Waals surface area contributed by atoms with Crippen molar-refractivity contribution in [1.29, 1.82) is 0 Å². The van der Waals surface area contributed by atoms with Gasteiger partial charge >= 0.3 is 0 Å². The SMILES string of the molecule is BN[C@H]1CCCC[C@@H]1C(C)=O. The zero-order valence-electron chi connectivity index (χ0n) is 7.39. The minimum atomic E-state index is 0.286. The third kappa shape index (κ3) is 2.06. The molecule has 0 heterocycles. The Balaban J connectivity index is 2.51. The van der Waals surface area contributed by atoms with Gasteiger partial charge in [0.2, 0.25) is 0 Å². The van der Waals surface area contributed by atoms with E-state index in [1.807, 2.05) is 7.98 Å². The quantitative estimate of drug-likeness (QED) is 0.577. The van der Waals surface area contributed by atoms with Gasteiger partial charge in [-0.1, -0.05) is 12.8 Å². The highest BCUT2D eigenvalue weighted by molar-refractivity contribution is 6.04. The van der Waals surface area contributed by atoms with Crippen LogP contribution in [0.3, 0.4) is 0 Å². The van der Waals surface area contributed by atoms with Crippen LogP contribution in [0.1, 0.15) is 32.6 Å². The Bertz CT molecular complexity index is 149. The Morgan fingerprint density at radius 3 is 2.55 bits per heavy atom. The van der Waals surface area contributed by atoms with E-state index < -0.39 is 0 Å². The summed E-state index contributed by atoms with van der Waals surface area (Å²) in [5.41, 5.74) is 0. The van der Waals surface area contributed by atoms with Gasteiger partial charge in [-0.3, -0.25) is 4.79 Å². The van der Waals surface area contributed by atoms with Crippen LogP contribution in [0.5, 0.6) is 0 Å². The number of ketones is 1. The lowest BCUT2D eigenvalue weighted by molar-refractivity contribution is -0.122. The van der Waals surface area contributed by atoms with Crippen molar-refractivity contribution in [3.63, 3.8) is 0 Å². The number of nitrogens with one attached hydrogen (secondary N) is 1. The third-order valence-electron chi connectivity index (χ3n) is 2.66. The van der Waals surface area contributed by atoms with Gasteiger partial charge in [0.15, 0.2) is 7.98 Å². The van der Waals surface area contributed by atoms with Crippen LogP contribution in [0.4, 0.5) is 0 Å². The maximum absolute atomic E-state index is 11.1. The first-order valence-electron chi connectivity index (χ1n) is 4.43. The van der Waals surface area contributed by atoms with E-state index in [1.54, 1.807) is 6.92 Å². The smallest absolute Gasteiger partial charge is 0.182 e. The summed E-state index contributed by atoms with van der Waals surface area (Å²) in [6, 6.07) is 0.446. The van der Waals surface area contributed by atoms with E-state index in [9.17, 15) is 4.79 Å². The van der Waals surface area contributed by atoms with Gasteiger partial charge in [0.1, 0.15) is 5.78 Å². The number of Topliss-reactive ketones (excluding diaryl/α,β-unsaturated/α-hetero) is 1. The zero-order chi connectivity index (χ0) is 8.27. The largest absolute Gasteiger partial charge is 0.359 e. The molecular weight excluding hydrogens is 137 g/mol. The molecule has 0 amide bonds. The average molecular weight is 153 g/mol. The molecule has 0 aromatic rings. The Morgan fingerprint density at radius 2 is 2.09 bits per heavy atom. The van der Waals surface area contributed by atoms with Crippen LogP contribution in [0.2, 0.25) is 0 Å². The van der Waals surface area contributed by atoms with Crippen LogP contribution < -0.4 is 5.23 Å². The number of carbonyl (C=O) groups excluding carboxylic acids is 1. The molecule has 0 aromatic carbocycles. The van der Waals surface area contributed by atoms with Gasteiger partial charge in [0.05, 0.1) is 0 Å². The fourth-order valence-corrected chi connectivity index (χ4v) is 1.96. The molecule has 2 nitrogen and oxygen atoms in total. The molecule has 1 aliphatic rings. The lowest BCUT2D eigenvalue weighted by atomic mass is 9.81. The molecule has 1 N–H and O–H groups in total. The van der Waals surface area contributed by atoms with Crippen molar-refractivity contribution in [3.05, 3.63) is 0 Å². The Labute approximate surface area is 69.2 Å². The summed E-state index contributed by atoms with van der Waals surface area (Å²) in [4.78, 5) is 11.1. The molecule has 1 aliphatic carbocycles. The Kier molecular flexibility index (Phi) is 3.12. The first-order chi connectivity index (χ1) is 5.25. The molecule has 0 bridgehead atoms. The van der Waals surface area contributed by atoms with E-state index in [4.69, 9.17) is 0 Å². The van der Waals surface area contributed by atoms with Crippen molar-refractivity contribution in [2.24, 2.45) is 5.92 Å². The van der Waals surface area contributed by atoms with Crippen LogP contribution in [0.25, 0.3) is 0 Å². The Hall–Kier alpha value is -0.305. The minimum absolute atomic E-state index is 0.286. The molecule has 0 aliphatic heterocycles. The fraction of sp³-hybridized carbons (Fsp3) is 0.875. The van der Waals surface area contributed by atoms with Crippen molar-refractivity contribution in [2.45, 2.75) is 38.6 Å². The molecule has 1 saturated carbocycles. The first-order valence-corrected chi connectivity index (χ1v) is 4.43. The number of hydrogen-bond acceptors (Lipinski definition) is 2. The monoisotopic (exact) mass is 153 g/mol. The fourth-order valence-electron chi connectivity index (χ4n) is 1.96. The van der Waals surface area contributed by atoms with E-state index in [0.717, 1.165) is 6.42 Å². The van der Waals surface area contributed by atoms with Gasteiger partial charge < -0.3 is 5.23 Å². The normalized spacial score (nSPS) is 31.7. The average Bonchev–Trinajstić information content (AvgIpc) is 2.04. The molecule has 2 atom stereocenters. The summed E-state index contributed by atoms with van der Waals surface area (Å²) in [7, 11) is 1.95. The zero-order valence-corrected chi connectivity index (χ0v) is 7.39. The summed E-state index contributed by atoms with van der Waals surface area (Å²) < 4.78 is 0. The van der Waals surface area contributed by atoms with Crippen LogP contribution in [0.15, 0.2) is 0 Å². The first kappa shape index (κ1) is 8.79. The molecule has 0 spiro atoms. The Morgan fingerprint density at radius 1 is 1.45 bits per heavy atom. The maximum atomic E-state index is 11.1. The highest BCUT2D eigenvalue weighted by atomic mass is 16.1. The molecule has 62 valence electrons. The van der Waals surface area contributed by atoms with Gasteiger partial charge in [-0.05, 0) is 19.8 Å². The van der Waals surface area contributed by atoms with Crippen LogP contribution in [0, 0.1) is 5.92 Å². The standard InChI is InChI=1S/C8H16BNO/c1-6(11)7-4-2-3-5-8(7)10-9/h7-8,10H,2-5,9H2,1H3/t7-,8+/m1/s1. The molecule has 3 heteroatoms.